The maximum atomic E-state index is 14.5. The normalized spacial score (nSPS) is 12.6. The van der Waals surface area contributed by atoms with Crippen molar-refractivity contribution in [2.24, 2.45) is 4.99 Å². The second-order valence-corrected chi connectivity index (χ2v) is 9.81. The Morgan fingerprint density at radius 1 is 0.829 bits per heavy atom. The summed E-state index contributed by atoms with van der Waals surface area (Å²) in [4.78, 5) is 18.3. The van der Waals surface area contributed by atoms with Crippen molar-refractivity contribution < 1.29 is 4.39 Å². The number of halogens is 1. The van der Waals surface area contributed by atoms with E-state index in [1.165, 1.54) is 11.6 Å². The van der Waals surface area contributed by atoms with Crippen LogP contribution in [0.1, 0.15) is 22.4 Å². The Hall–Kier alpha value is -5.28. The number of hydrogen-bond donors (Lipinski definition) is 3. The van der Waals surface area contributed by atoms with E-state index in [0.717, 1.165) is 45.5 Å². The number of anilines is 1. The van der Waals surface area contributed by atoms with Crippen molar-refractivity contribution in [1.29, 1.82) is 0 Å². The Bertz CT molecular complexity index is 1900. The summed E-state index contributed by atoms with van der Waals surface area (Å²) in [6.45, 7) is 1.83. The molecule has 2 aromatic carbocycles. The van der Waals surface area contributed by atoms with Crippen LogP contribution in [0.15, 0.2) is 103 Å². The Labute approximate surface area is 235 Å². The first kappa shape index (κ1) is 24.7. The van der Waals surface area contributed by atoms with Crippen molar-refractivity contribution in [3.63, 3.8) is 0 Å². The van der Waals surface area contributed by atoms with E-state index in [-0.39, 0.29) is 5.82 Å². The number of nitrogens with one attached hydrogen (secondary N) is 3. The van der Waals surface area contributed by atoms with E-state index in [1.54, 1.807) is 30.6 Å². The van der Waals surface area contributed by atoms with Gasteiger partial charge in [-0.15, -0.1) is 0 Å². The van der Waals surface area contributed by atoms with E-state index < -0.39 is 0 Å². The fraction of sp³-hybridized carbons (Fsp3) is 0.0938. The van der Waals surface area contributed by atoms with Crippen LogP contribution >= 0.6 is 0 Å². The van der Waals surface area contributed by atoms with Crippen molar-refractivity contribution >= 4 is 22.4 Å². The molecule has 0 saturated carbocycles. The fourth-order valence-electron chi connectivity index (χ4n) is 5.04. The zero-order valence-electron chi connectivity index (χ0n) is 22.0. The largest absolute Gasteiger partial charge is 0.338 e. The van der Waals surface area contributed by atoms with Crippen molar-refractivity contribution in [2.75, 3.05) is 5.32 Å². The van der Waals surface area contributed by atoms with Crippen molar-refractivity contribution in [1.82, 2.24) is 30.5 Å². The second-order valence-electron chi connectivity index (χ2n) is 9.81. The molecule has 4 aromatic heterocycles. The highest BCUT2D eigenvalue weighted by molar-refractivity contribution is 6.15. The minimum Gasteiger partial charge on any atom is -0.338 e. The number of aromatic amines is 1. The third kappa shape index (κ3) is 4.94. The van der Waals surface area contributed by atoms with E-state index in [9.17, 15) is 4.39 Å². The van der Waals surface area contributed by atoms with Crippen LogP contribution in [0.3, 0.4) is 0 Å². The quantitative estimate of drug-likeness (QED) is 0.234. The topological polar surface area (TPSA) is 104 Å². The summed E-state index contributed by atoms with van der Waals surface area (Å²) in [5, 5.41) is 15.4. The standard InChI is InChI=1S/C32H25FN8/c33-26-9-5-4-8-23(26)30-25-18-38-32(39-27(25)10-11-36-30)31-24-13-28(37-19-29(24)40-41-31)22-12-21(16-35-17-22)15-34-14-20-6-2-1-3-7-20/h1-13,16-17,19,34H,14-15,18H2,(H,38,39)(H,40,41). The van der Waals surface area contributed by atoms with Gasteiger partial charge in [-0.25, -0.2) is 4.39 Å². The van der Waals surface area contributed by atoms with Gasteiger partial charge >= 0.3 is 0 Å². The number of fused-ring (bicyclic) bond motifs is 2. The van der Waals surface area contributed by atoms with Crippen LogP contribution in [0.4, 0.5) is 10.1 Å². The SMILES string of the molecule is Fc1ccccc1-c1nccc2c1CN=C(c1n[nH]c3cnc(-c4cncc(CNCc5ccccc5)c4)cc13)N2. The summed E-state index contributed by atoms with van der Waals surface area (Å²) in [5.41, 5.74) is 8.21. The molecule has 8 nitrogen and oxygen atoms in total. The minimum atomic E-state index is -0.313. The molecule has 3 N–H and O–H groups in total. The number of benzene rings is 2. The first-order valence-electron chi connectivity index (χ1n) is 13.3. The van der Waals surface area contributed by atoms with Gasteiger partial charge in [-0.1, -0.05) is 42.5 Å². The molecule has 0 atom stereocenters. The van der Waals surface area contributed by atoms with Crippen LogP contribution in [0.2, 0.25) is 0 Å². The number of amidine groups is 1. The van der Waals surface area contributed by atoms with Crippen LogP contribution in [0.5, 0.6) is 0 Å². The fourth-order valence-corrected chi connectivity index (χ4v) is 5.04. The molecular formula is C32H25FN8. The molecule has 9 heteroatoms. The number of H-pyrrole nitrogens is 1. The van der Waals surface area contributed by atoms with Gasteiger partial charge in [0.05, 0.1) is 29.6 Å². The molecular weight excluding hydrogens is 515 g/mol. The first-order valence-corrected chi connectivity index (χ1v) is 13.3. The van der Waals surface area contributed by atoms with Crippen LogP contribution in [-0.2, 0) is 19.6 Å². The van der Waals surface area contributed by atoms with E-state index >= 15 is 0 Å². The molecule has 0 fully saturated rings. The van der Waals surface area contributed by atoms with Crippen molar-refractivity contribution in [3.05, 3.63) is 126 Å². The number of aliphatic imine (C=N–C) groups is 1. The van der Waals surface area contributed by atoms with Gasteiger partial charge in [0.15, 0.2) is 5.84 Å². The zero-order chi connectivity index (χ0) is 27.6. The van der Waals surface area contributed by atoms with E-state index in [1.807, 2.05) is 42.7 Å². The molecule has 0 aliphatic carbocycles. The monoisotopic (exact) mass is 540 g/mol. The van der Waals surface area contributed by atoms with Gasteiger partial charge in [0.1, 0.15) is 11.5 Å². The van der Waals surface area contributed by atoms with Gasteiger partial charge in [0.2, 0.25) is 0 Å². The van der Waals surface area contributed by atoms with Gasteiger partial charge in [0, 0.05) is 59.4 Å². The molecule has 0 amide bonds. The lowest BCUT2D eigenvalue weighted by molar-refractivity contribution is 0.630. The summed E-state index contributed by atoms with van der Waals surface area (Å²) < 4.78 is 14.5. The van der Waals surface area contributed by atoms with E-state index in [4.69, 9.17) is 4.99 Å². The van der Waals surface area contributed by atoms with Crippen LogP contribution < -0.4 is 10.6 Å². The molecule has 1 aliphatic rings. The molecule has 0 radical (unpaired) electrons. The summed E-state index contributed by atoms with van der Waals surface area (Å²) in [6.07, 6.45) is 7.14. The maximum absolute atomic E-state index is 14.5. The van der Waals surface area contributed by atoms with Gasteiger partial charge < -0.3 is 10.6 Å². The van der Waals surface area contributed by atoms with Gasteiger partial charge in [-0.2, -0.15) is 5.10 Å². The lowest BCUT2D eigenvalue weighted by atomic mass is 10.0. The van der Waals surface area contributed by atoms with Crippen molar-refractivity contribution in [3.8, 4) is 22.5 Å². The predicted molar refractivity (Wildman–Crippen MR) is 158 cm³/mol. The number of pyridine rings is 3. The average molecular weight is 541 g/mol. The van der Waals surface area contributed by atoms with Crippen LogP contribution in [0, 0.1) is 5.82 Å². The Balaban J connectivity index is 1.15. The highest BCUT2D eigenvalue weighted by Crippen LogP contribution is 2.33. The minimum absolute atomic E-state index is 0.313. The van der Waals surface area contributed by atoms with Gasteiger partial charge in [0.25, 0.3) is 0 Å². The van der Waals surface area contributed by atoms with E-state index in [0.29, 0.717) is 35.9 Å². The second kappa shape index (κ2) is 10.7. The number of rotatable bonds is 7. The first-order chi connectivity index (χ1) is 20.2. The third-order valence-electron chi connectivity index (χ3n) is 7.10. The lowest BCUT2D eigenvalue weighted by Crippen LogP contribution is -2.20. The molecule has 0 unspecified atom stereocenters. The summed E-state index contributed by atoms with van der Waals surface area (Å²) in [6, 6.07) is 22.9. The molecule has 0 saturated heterocycles. The summed E-state index contributed by atoms with van der Waals surface area (Å²) >= 11 is 0. The molecule has 0 bridgehead atoms. The van der Waals surface area contributed by atoms with E-state index in [2.05, 4.69) is 54.0 Å². The van der Waals surface area contributed by atoms with Crippen LogP contribution in [0.25, 0.3) is 33.4 Å². The lowest BCUT2D eigenvalue weighted by Gasteiger charge is -2.20. The Morgan fingerprint density at radius 3 is 2.59 bits per heavy atom. The summed E-state index contributed by atoms with van der Waals surface area (Å²) in [7, 11) is 0. The molecule has 0 spiro atoms. The zero-order valence-corrected chi connectivity index (χ0v) is 22.0. The third-order valence-corrected chi connectivity index (χ3v) is 7.10. The number of hydrogen-bond acceptors (Lipinski definition) is 7. The molecule has 1 aliphatic heterocycles. The highest BCUT2D eigenvalue weighted by atomic mass is 19.1. The van der Waals surface area contributed by atoms with Crippen LogP contribution in [-0.4, -0.2) is 31.0 Å². The van der Waals surface area contributed by atoms with Gasteiger partial charge in [-0.3, -0.25) is 25.0 Å². The predicted octanol–water partition coefficient (Wildman–Crippen LogP) is 5.88. The maximum Gasteiger partial charge on any atom is 0.154 e. The van der Waals surface area contributed by atoms with Crippen molar-refractivity contribution in [2.45, 2.75) is 19.6 Å². The highest BCUT2D eigenvalue weighted by Gasteiger charge is 2.22. The Kier molecular flexibility index (Phi) is 6.46. The average Bonchev–Trinajstić information content (AvgIpc) is 3.45. The Morgan fingerprint density at radius 2 is 1.68 bits per heavy atom. The number of aromatic nitrogens is 5. The molecule has 200 valence electrons. The molecule has 41 heavy (non-hydrogen) atoms. The molecule has 5 heterocycles. The molecule has 7 rings (SSSR count). The number of nitrogens with zero attached hydrogens (tertiary/aromatic N) is 5. The smallest absolute Gasteiger partial charge is 0.154 e. The summed E-state index contributed by atoms with van der Waals surface area (Å²) in [5.74, 6) is 0.315. The van der Waals surface area contributed by atoms with Gasteiger partial charge in [-0.05, 0) is 41.5 Å². The molecule has 6 aromatic rings.